The van der Waals surface area contributed by atoms with Crippen LogP contribution >= 0.6 is 0 Å². The van der Waals surface area contributed by atoms with Gasteiger partial charge < -0.3 is 14.5 Å². The number of hydrogen-bond donors (Lipinski definition) is 1. The lowest BCUT2D eigenvalue weighted by Crippen LogP contribution is -2.12. The summed E-state index contributed by atoms with van der Waals surface area (Å²) in [5.74, 6) is -0.643. The molecule has 1 heterocycles. The summed E-state index contributed by atoms with van der Waals surface area (Å²) in [6.45, 7) is 6.04. The van der Waals surface area contributed by atoms with Gasteiger partial charge in [0, 0.05) is 30.9 Å². The highest BCUT2D eigenvalue weighted by molar-refractivity contribution is 5.97. The number of rotatable bonds is 2. The molecule has 6 heteroatoms. The van der Waals surface area contributed by atoms with Crippen LogP contribution in [-0.4, -0.2) is 11.9 Å². The molecule has 0 aliphatic rings. The van der Waals surface area contributed by atoms with E-state index >= 15 is 0 Å². The second-order valence-corrected chi connectivity index (χ2v) is 4.78. The first kappa shape index (κ1) is 14.8. The number of benzene rings is 1. The Balaban J connectivity index is 2.83. The molecule has 0 atom stereocenters. The van der Waals surface area contributed by atoms with Crippen molar-refractivity contribution >= 4 is 28.5 Å². The summed E-state index contributed by atoms with van der Waals surface area (Å²) >= 11 is 0. The molecule has 21 heavy (non-hydrogen) atoms. The van der Waals surface area contributed by atoms with E-state index in [1.54, 1.807) is 19.9 Å². The predicted molar refractivity (Wildman–Crippen MR) is 77.6 cm³/mol. The number of carbonyl (C=O) groups excluding carboxylic acids is 2. The maximum absolute atomic E-state index is 11.5. The highest BCUT2D eigenvalue weighted by atomic mass is 16.5. The van der Waals surface area contributed by atoms with Gasteiger partial charge in [0.05, 0.1) is 5.69 Å². The number of aryl methyl sites for hydroxylation is 2. The topological polar surface area (TPSA) is 85.6 Å². The van der Waals surface area contributed by atoms with Gasteiger partial charge in [0.25, 0.3) is 0 Å². The van der Waals surface area contributed by atoms with Gasteiger partial charge in [-0.15, -0.1) is 0 Å². The number of nitrogens with one attached hydrogen (secondary N) is 1. The van der Waals surface area contributed by atoms with Gasteiger partial charge in [-0.25, -0.2) is 4.79 Å². The van der Waals surface area contributed by atoms with Gasteiger partial charge in [-0.1, -0.05) is 0 Å². The minimum absolute atomic E-state index is 0.180. The van der Waals surface area contributed by atoms with E-state index in [4.69, 9.17) is 9.15 Å². The SMILES string of the molecule is CC(=O)Nc1cc2c(C)cc(=O)oc2c(C)c1OC(C)=O. The normalized spacial score (nSPS) is 10.5. The smallest absolute Gasteiger partial charge is 0.336 e. The van der Waals surface area contributed by atoms with Crippen molar-refractivity contribution in [3.05, 3.63) is 33.7 Å². The first-order valence-corrected chi connectivity index (χ1v) is 6.33. The molecule has 0 saturated heterocycles. The second-order valence-electron chi connectivity index (χ2n) is 4.78. The van der Waals surface area contributed by atoms with Crippen LogP contribution in [0.1, 0.15) is 25.0 Å². The lowest BCUT2D eigenvalue weighted by Gasteiger charge is -2.14. The number of hydrogen-bond acceptors (Lipinski definition) is 5. The lowest BCUT2D eigenvalue weighted by molar-refractivity contribution is -0.132. The van der Waals surface area contributed by atoms with E-state index in [1.807, 2.05) is 0 Å². The third-order valence-electron chi connectivity index (χ3n) is 2.98. The van der Waals surface area contributed by atoms with Crippen molar-refractivity contribution in [2.45, 2.75) is 27.7 Å². The van der Waals surface area contributed by atoms with Gasteiger partial charge in [-0.2, -0.15) is 0 Å². The zero-order chi connectivity index (χ0) is 15.7. The minimum Gasteiger partial charge on any atom is -0.424 e. The summed E-state index contributed by atoms with van der Waals surface area (Å²) in [5.41, 5.74) is 1.41. The fourth-order valence-corrected chi connectivity index (χ4v) is 2.15. The van der Waals surface area contributed by atoms with Gasteiger partial charge in [-0.3, -0.25) is 9.59 Å². The molecule has 0 spiro atoms. The fourth-order valence-electron chi connectivity index (χ4n) is 2.15. The summed E-state index contributed by atoms with van der Waals surface area (Å²) in [6.07, 6.45) is 0. The first-order valence-electron chi connectivity index (χ1n) is 6.33. The van der Waals surface area contributed by atoms with Gasteiger partial charge in [0.1, 0.15) is 5.58 Å². The zero-order valence-corrected chi connectivity index (χ0v) is 12.2. The molecule has 6 nitrogen and oxygen atoms in total. The fraction of sp³-hybridized carbons (Fsp3) is 0.267. The third-order valence-corrected chi connectivity index (χ3v) is 2.98. The molecule has 1 N–H and O–H groups in total. The Labute approximate surface area is 120 Å². The van der Waals surface area contributed by atoms with Crippen molar-refractivity contribution in [2.24, 2.45) is 0 Å². The summed E-state index contributed by atoms with van der Waals surface area (Å²) in [4.78, 5) is 34.1. The molecule has 1 amide bonds. The number of anilines is 1. The van der Waals surface area contributed by atoms with Crippen molar-refractivity contribution in [1.82, 2.24) is 0 Å². The second kappa shape index (κ2) is 5.40. The maximum Gasteiger partial charge on any atom is 0.336 e. The van der Waals surface area contributed by atoms with Gasteiger partial charge >= 0.3 is 11.6 Å². The molecule has 0 radical (unpaired) electrons. The van der Waals surface area contributed by atoms with Crippen LogP contribution in [-0.2, 0) is 9.59 Å². The molecule has 0 aliphatic heterocycles. The third kappa shape index (κ3) is 2.94. The van der Waals surface area contributed by atoms with Crippen molar-refractivity contribution in [3.63, 3.8) is 0 Å². The van der Waals surface area contributed by atoms with Crippen LogP contribution in [0.5, 0.6) is 5.75 Å². The van der Waals surface area contributed by atoms with Crippen LogP contribution < -0.4 is 15.7 Å². The molecule has 0 bridgehead atoms. The van der Waals surface area contributed by atoms with Crippen LogP contribution in [0.2, 0.25) is 0 Å². The van der Waals surface area contributed by atoms with Crippen LogP contribution in [0.4, 0.5) is 5.69 Å². The Hall–Kier alpha value is -2.63. The highest BCUT2D eigenvalue weighted by Crippen LogP contribution is 2.36. The van der Waals surface area contributed by atoms with Crippen LogP contribution in [0.15, 0.2) is 21.3 Å². The number of fused-ring (bicyclic) bond motifs is 1. The highest BCUT2D eigenvalue weighted by Gasteiger charge is 2.17. The monoisotopic (exact) mass is 289 g/mol. The van der Waals surface area contributed by atoms with Crippen molar-refractivity contribution in [3.8, 4) is 5.75 Å². The Bertz CT molecular complexity index is 804. The van der Waals surface area contributed by atoms with Gasteiger partial charge in [0.15, 0.2) is 5.75 Å². The van der Waals surface area contributed by atoms with Crippen molar-refractivity contribution in [1.29, 1.82) is 0 Å². The lowest BCUT2D eigenvalue weighted by atomic mass is 10.1. The molecular weight excluding hydrogens is 274 g/mol. The van der Waals surface area contributed by atoms with Gasteiger partial charge in [0.2, 0.25) is 5.91 Å². The first-order chi connectivity index (χ1) is 9.79. The standard InChI is InChI=1S/C15H15NO5/c1-7-5-13(19)21-14-8(2)15(20-10(4)18)12(6-11(7)14)16-9(3)17/h5-6H,1-4H3,(H,16,17). The number of ether oxygens (including phenoxy) is 1. The minimum atomic E-state index is -0.529. The Morgan fingerprint density at radius 2 is 1.86 bits per heavy atom. The van der Waals surface area contributed by atoms with E-state index < -0.39 is 11.6 Å². The molecule has 1 aromatic heterocycles. The number of esters is 1. The van der Waals surface area contributed by atoms with Crippen molar-refractivity contribution < 1.29 is 18.7 Å². The summed E-state index contributed by atoms with van der Waals surface area (Å²) < 4.78 is 10.3. The van der Waals surface area contributed by atoms with Gasteiger partial charge in [-0.05, 0) is 25.5 Å². The number of carbonyl (C=O) groups is 2. The molecule has 2 rings (SSSR count). The molecule has 1 aromatic carbocycles. The maximum atomic E-state index is 11.5. The van der Waals surface area contributed by atoms with Crippen molar-refractivity contribution in [2.75, 3.05) is 5.32 Å². The Morgan fingerprint density at radius 3 is 2.43 bits per heavy atom. The van der Waals surface area contributed by atoms with E-state index in [1.165, 1.54) is 19.9 Å². The molecule has 0 aliphatic carbocycles. The van der Waals surface area contributed by atoms with Crippen LogP contribution in [0.3, 0.4) is 0 Å². The quantitative estimate of drug-likeness (QED) is 0.521. The molecule has 0 saturated carbocycles. The van der Waals surface area contributed by atoms with E-state index in [9.17, 15) is 14.4 Å². The molecule has 0 unspecified atom stereocenters. The van der Waals surface area contributed by atoms with Crippen LogP contribution in [0, 0.1) is 13.8 Å². The largest absolute Gasteiger partial charge is 0.424 e. The summed E-state index contributed by atoms with van der Waals surface area (Å²) in [5, 5.41) is 3.29. The van der Waals surface area contributed by atoms with E-state index in [-0.39, 0.29) is 11.7 Å². The molecule has 0 fully saturated rings. The van der Waals surface area contributed by atoms with E-state index in [2.05, 4.69) is 5.32 Å². The Kier molecular flexibility index (Phi) is 3.80. The summed E-state index contributed by atoms with van der Waals surface area (Å²) in [7, 11) is 0. The average Bonchev–Trinajstić information content (AvgIpc) is 2.34. The van der Waals surface area contributed by atoms with Crippen LogP contribution in [0.25, 0.3) is 11.0 Å². The molecule has 110 valence electrons. The average molecular weight is 289 g/mol. The molecular formula is C15H15NO5. The van der Waals surface area contributed by atoms with E-state index in [0.717, 1.165) is 0 Å². The summed E-state index contributed by atoms with van der Waals surface area (Å²) in [6, 6.07) is 2.99. The number of amides is 1. The molecule has 2 aromatic rings. The Morgan fingerprint density at radius 1 is 1.19 bits per heavy atom. The van der Waals surface area contributed by atoms with E-state index in [0.29, 0.717) is 27.8 Å². The predicted octanol–water partition coefficient (Wildman–Crippen LogP) is 2.29. The zero-order valence-electron chi connectivity index (χ0n) is 12.2.